The van der Waals surface area contributed by atoms with Gasteiger partial charge in [-0.2, -0.15) is 0 Å². The summed E-state index contributed by atoms with van der Waals surface area (Å²) in [6.45, 7) is 10.4. The fourth-order valence-corrected chi connectivity index (χ4v) is 3.49. The largest absolute Gasteiger partial charge is 0.494 e. The minimum atomic E-state index is -0.543. The van der Waals surface area contributed by atoms with E-state index < -0.39 is 12.1 Å². The summed E-state index contributed by atoms with van der Waals surface area (Å²) in [6, 6.07) is 16.9. The molecule has 226 valence electrons. The van der Waals surface area contributed by atoms with Gasteiger partial charge >= 0.3 is 11.9 Å². The second-order valence-electron chi connectivity index (χ2n) is 9.26. The molecule has 2 aromatic carbocycles. The molecule has 0 aliphatic carbocycles. The van der Waals surface area contributed by atoms with Crippen LogP contribution in [0.4, 0.5) is 0 Å². The van der Waals surface area contributed by atoms with Gasteiger partial charge in [-0.05, 0) is 63.8 Å². The number of carbonyl (C=O) groups is 2. The van der Waals surface area contributed by atoms with Crippen LogP contribution in [0.1, 0.15) is 46.0 Å². The van der Waals surface area contributed by atoms with Gasteiger partial charge in [0, 0.05) is 31.3 Å². The molecule has 1 atom stereocenters. The Kier molecular flexibility index (Phi) is 17.4. The first kappa shape index (κ1) is 33.6. The van der Waals surface area contributed by atoms with Gasteiger partial charge in [0.2, 0.25) is 0 Å². The first-order valence-electron chi connectivity index (χ1n) is 14.2. The van der Waals surface area contributed by atoms with Crippen molar-refractivity contribution in [1.82, 2.24) is 0 Å². The van der Waals surface area contributed by atoms with Crippen molar-refractivity contribution in [3.8, 4) is 17.2 Å². The van der Waals surface area contributed by atoms with Crippen LogP contribution in [0.25, 0.3) is 0 Å². The molecule has 0 saturated heterocycles. The van der Waals surface area contributed by atoms with Gasteiger partial charge in [0.25, 0.3) is 0 Å². The van der Waals surface area contributed by atoms with E-state index in [2.05, 4.69) is 6.58 Å². The predicted octanol–water partition coefficient (Wildman–Crippen LogP) is 5.56. The summed E-state index contributed by atoms with van der Waals surface area (Å²) in [5, 5.41) is 0. The number of para-hydroxylation sites is 1. The van der Waals surface area contributed by atoms with Crippen LogP contribution in [-0.2, 0) is 28.5 Å². The molecule has 2 aromatic rings. The molecular weight excluding hydrogens is 528 g/mol. The Hall–Kier alpha value is -3.56. The maximum Gasteiger partial charge on any atom is 0.333 e. The Morgan fingerprint density at radius 2 is 1.41 bits per heavy atom. The normalized spacial score (nSPS) is 11.4. The maximum absolute atomic E-state index is 12.4. The van der Waals surface area contributed by atoms with Crippen molar-refractivity contribution in [2.75, 3.05) is 52.9 Å². The molecule has 0 heterocycles. The second kappa shape index (κ2) is 21.2. The topological polar surface area (TPSA) is 98.8 Å². The number of hydrogen-bond donors (Lipinski definition) is 0. The van der Waals surface area contributed by atoms with E-state index in [1.54, 1.807) is 6.92 Å². The highest BCUT2D eigenvalue weighted by molar-refractivity contribution is 5.86. The van der Waals surface area contributed by atoms with Crippen LogP contribution in [0, 0.1) is 0 Å². The quantitative estimate of drug-likeness (QED) is 0.0963. The molecule has 2 rings (SSSR count). The lowest BCUT2D eigenvalue weighted by atomic mass is 10.2. The van der Waals surface area contributed by atoms with Crippen LogP contribution in [0.2, 0.25) is 0 Å². The molecule has 0 bridgehead atoms. The van der Waals surface area contributed by atoms with E-state index >= 15 is 0 Å². The summed E-state index contributed by atoms with van der Waals surface area (Å²) < 4.78 is 39.0. The minimum Gasteiger partial charge on any atom is -0.494 e. The highest BCUT2D eigenvalue weighted by Crippen LogP contribution is 2.19. The smallest absolute Gasteiger partial charge is 0.333 e. The van der Waals surface area contributed by atoms with Crippen LogP contribution in [0.3, 0.4) is 0 Å². The summed E-state index contributed by atoms with van der Waals surface area (Å²) in [5.41, 5.74) is 0.351. The molecule has 0 spiro atoms. The van der Waals surface area contributed by atoms with Crippen LogP contribution in [-0.4, -0.2) is 70.9 Å². The van der Waals surface area contributed by atoms with E-state index in [1.165, 1.54) is 0 Å². The van der Waals surface area contributed by atoms with E-state index in [-0.39, 0.29) is 32.2 Å². The van der Waals surface area contributed by atoms with E-state index in [0.717, 1.165) is 24.3 Å². The lowest BCUT2D eigenvalue weighted by Gasteiger charge is -2.19. The number of ether oxygens (including phenoxy) is 7. The molecule has 41 heavy (non-hydrogen) atoms. The monoisotopic (exact) mass is 572 g/mol. The molecule has 0 amide bonds. The second-order valence-corrected chi connectivity index (χ2v) is 9.26. The number of carbonyl (C=O) groups excluding carboxylic acids is 2. The van der Waals surface area contributed by atoms with Gasteiger partial charge in [0.05, 0.1) is 26.4 Å². The summed E-state index contributed by atoms with van der Waals surface area (Å²) in [5.74, 6) is 1.46. The lowest BCUT2D eigenvalue weighted by Crippen LogP contribution is -2.30. The Morgan fingerprint density at radius 3 is 2.15 bits per heavy atom. The van der Waals surface area contributed by atoms with Gasteiger partial charge in [-0.15, -0.1) is 0 Å². The third kappa shape index (κ3) is 16.3. The lowest BCUT2D eigenvalue weighted by molar-refractivity contribution is -0.154. The number of unbranched alkanes of at least 4 members (excludes halogenated alkanes) is 2. The third-order valence-electron chi connectivity index (χ3n) is 5.58. The van der Waals surface area contributed by atoms with Gasteiger partial charge < -0.3 is 33.2 Å². The van der Waals surface area contributed by atoms with Gasteiger partial charge in [0.15, 0.2) is 6.10 Å². The van der Waals surface area contributed by atoms with Crippen molar-refractivity contribution >= 4 is 11.9 Å². The summed E-state index contributed by atoms with van der Waals surface area (Å²) >= 11 is 0. The van der Waals surface area contributed by atoms with Gasteiger partial charge in [0.1, 0.15) is 30.5 Å². The van der Waals surface area contributed by atoms with Crippen molar-refractivity contribution in [2.45, 2.75) is 52.1 Å². The minimum absolute atomic E-state index is 0.183. The van der Waals surface area contributed by atoms with E-state index in [9.17, 15) is 9.59 Å². The highest BCUT2D eigenvalue weighted by Gasteiger charge is 2.16. The van der Waals surface area contributed by atoms with Crippen LogP contribution >= 0.6 is 0 Å². The van der Waals surface area contributed by atoms with Gasteiger partial charge in [-0.25, -0.2) is 4.79 Å². The molecule has 0 N–H and O–H groups in total. The predicted molar refractivity (Wildman–Crippen MR) is 155 cm³/mol. The fourth-order valence-electron chi connectivity index (χ4n) is 3.49. The zero-order valence-corrected chi connectivity index (χ0v) is 24.3. The van der Waals surface area contributed by atoms with Crippen molar-refractivity contribution in [3.05, 3.63) is 66.7 Å². The number of benzene rings is 2. The molecule has 0 saturated carbocycles. The third-order valence-corrected chi connectivity index (χ3v) is 5.58. The van der Waals surface area contributed by atoms with Crippen LogP contribution < -0.4 is 14.2 Å². The summed E-state index contributed by atoms with van der Waals surface area (Å²) in [6.07, 6.45) is 2.41. The fraction of sp³-hybridized carbons (Fsp3) is 0.500. The Labute approximate surface area is 243 Å². The van der Waals surface area contributed by atoms with E-state index in [0.29, 0.717) is 57.2 Å². The zero-order valence-electron chi connectivity index (χ0n) is 24.3. The van der Waals surface area contributed by atoms with Gasteiger partial charge in [-0.1, -0.05) is 30.8 Å². The number of rotatable bonds is 23. The Bertz CT molecular complexity index is 1010. The summed E-state index contributed by atoms with van der Waals surface area (Å²) in [7, 11) is 0. The maximum atomic E-state index is 12.4. The first-order valence-corrected chi connectivity index (χ1v) is 14.2. The molecule has 0 aromatic heterocycles. The Balaban J connectivity index is 1.59. The Morgan fingerprint density at radius 1 is 0.732 bits per heavy atom. The SMILES string of the molecule is C=C(C)C(=O)OCCCCC(=O)OC(COCCCCOCCOc1cccc(OCC)c1)COc1ccccc1. The summed E-state index contributed by atoms with van der Waals surface area (Å²) in [4.78, 5) is 23.8. The van der Waals surface area contributed by atoms with Crippen molar-refractivity contribution in [3.63, 3.8) is 0 Å². The first-order chi connectivity index (χ1) is 20.0. The average Bonchev–Trinajstić information content (AvgIpc) is 2.97. The molecule has 9 nitrogen and oxygen atoms in total. The van der Waals surface area contributed by atoms with Crippen molar-refractivity contribution in [1.29, 1.82) is 0 Å². The van der Waals surface area contributed by atoms with Crippen LogP contribution in [0.5, 0.6) is 17.2 Å². The number of esters is 2. The molecular formula is C32H44O9. The van der Waals surface area contributed by atoms with Crippen molar-refractivity contribution < 1.29 is 42.7 Å². The van der Waals surface area contributed by atoms with Crippen LogP contribution in [0.15, 0.2) is 66.7 Å². The molecule has 0 aliphatic rings. The number of hydrogen-bond acceptors (Lipinski definition) is 9. The average molecular weight is 573 g/mol. The molecule has 9 heteroatoms. The highest BCUT2D eigenvalue weighted by atomic mass is 16.6. The van der Waals surface area contributed by atoms with E-state index in [1.807, 2.05) is 61.5 Å². The zero-order chi connectivity index (χ0) is 29.5. The van der Waals surface area contributed by atoms with E-state index in [4.69, 9.17) is 33.2 Å². The van der Waals surface area contributed by atoms with Gasteiger partial charge in [-0.3, -0.25) is 4.79 Å². The van der Waals surface area contributed by atoms with Crippen molar-refractivity contribution in [2.24, 2.45) is 0 Å². The standard InChI is InChI=1S/C32H44O9/c1-4-37-28-15-12-16-29(23-28)38-22-21-35-18-10-11-19-36-24-30(25-40-27-13-6-5-7-14-27)41-31(33)17-8-9-20-39-32(34)26(2)3/h5-7,12-16,23,30H,2,4,8-11,17-22,24-25H2,1,3H3. The molecule has 1 unspecified atom stereocenters. The molecule has 0 fully saturated rings. The molecule has 0 aliphatic heterocycles. The molecule has 0 radical (unpaired) electrons.